The highest BCUT2D eigenvalue weighted by Gasteiger charge is 2.16. The number of hydrogen-bond donors (Lipinski definition) is 1. The molecule has 0 unspecified atom stereocenters. The van der Waals surface area contributed by atoms with Crippen molar-refractivity contribution in [2.45, 2.75) is 33.1 Å². The zero-order valence-corrected chi connectivity index (χ0v) is 21.9. The Kier molecular flexibility index (Phi) is 8.24. The van der Waals surface area contributed by atoms with Gasteiger partial charge in [-0.15, -0.1) is 0 Å². The van der Waals surface area contributed by atoms with Gasteiger partial charge in [-0.2, -0.15) is 0 Å². The molecule has 0 atom stereocenters. The van der Waals surface area contributed by atoms with Crippen LogP contribution in [0.25, 0.3) is 22.1 Å². The third-order valence-electron chi connectivity index (χ3n) is 6.46. The molecule has 6 nitrogen and oxygen atoms in total. The minimum absolute atomic E-state index is 0.152. The Morgan fingerprint density at radius 2 is 1.59 bits per heavy atom. The first kappa shape index (κ1) is 26.1. The van der Waals surface area contributed by atoms with E-state index in [2.05, 4.69) is 24.3 Å². The Hall–Kier alpha value is -4.55. The van der Waals surface area contributed by atoms with E-state index in [9.17, 15) is 4.79 Å². The summed E-state index contributed by atoms with van der Waals surface area (Å²) in [5, 5.41) is 0.945. The summed E-state index contributed by atoms with van der Waals surface area (Å²) >= 11 is 0. The molecule has 0 saturated carbocycles. The quantitative estimate of drug-likeness (QED) is 0.192. The van der Waals surface area contributed by atoms with Gasteiger partial charge in [0.15, 0.2) is 0 Å². The van der Waals surface area contributed by atoms with Gasteiger partial charge in [0.25, 0.3) is 0 Å². The molecular formula is C33H31NO5. The highest BCUT2D eigenvalue weighted by molar-refractivity contribution is 5.89. The predicted molar refractivity (Wildman–Crippen MR) is 151 cm³/mol. The maximum absolute atomic E-state index is 12.1. The van der Waals surface area contributed by atoms with Crippen LogP contribution < -0.4 is 15.2 Å². The second-order valence-corrected chi connectivity index (χ2v) is 9.16. The van der Waals surface area contributed by atoms with E-state index >= 15 is 0 Å². The Labute approximate surface area is 227 Å². The third-order valence-corrected chi connectivity index (χ3v) is 6.46. The monoisotopic (exact) mass is 521 g/mol. The number of hydrogen-bond acceptors (Lipinski definition) is 6. The standard InChI is InChI=1S/C33H31NO5/c1-2-36-32(35)18-25-10-6-7-14-31(25)38-21-28-22-39-33-27(20-37-29-12-4-3-5-13-29)16-26(17-30(28)33)24-11-8-9-23(15-24)19-34/h3-17,22H,2,18-21,34H2,1H3. The highest BCUT2D eigenvalue weighted by Crippen LogP contribution is 2.33. The lowest BCUT2D eigenvalue weighted by Gasteiger charge is -2.12. The molecule has 1 heterocycles. The first-order chi connectivity index (χ1) is 19.1. The summed E-state index contributed by atoms with van der Waals surface area (Å²) in [5.74, 6) is 1.14. The van der Waals surface area contributed by atoms with Crippen molar-refractivity contribution in [3.8, 4) is 22.6 Å². The molecule has 5 aromatic rings. The fourth-order valence-corrected chi connectivity index (χ4v) is 4.52. The summed E-state index contributed by atoms with van der Waals surface area (Å²) in [4.78, 5) is 12.1. The SMILES string of the molecule is CCOC(=O)Cc1ccccc1OCc1coc2c(COc3ccccc3)cc(-c3cccc(CN)c3)cc12. The van der Waals surface area contributed by atoms with Crippen molar-refractivity contribution in [3.05, 3.63) is 120 Å². The van der Waals surface area contributed by atoms with Gasteiger partial charge in [0.1, 0.15) is 30.3 Å². The van der Waals surface area contributed by atoms with Gasteiger partial charge < -0.3 is 24.4 Å². The van der Waals surface area contributed by atoms with E-state index in [1.165, 1.54) is 0 Å². The second-order valence-electron chi connectivity index (χ2n) is 9.16. The van der Waals surface area contributed by atoms with Gasteiger partial charge in [-0.1, -0.05) is 54.6 Å². The first-order valence-corrected chi connectivity index (χ1v) is 13.0. The summed E-state index contributed by atoms with van der Waals surface area (Å²) in [6, 6.07) is 29.6. The van der Waals surface area contributed by atoms with Crippen molar-refractivity contribution >= 4 is 16.9 Å². The van der Waals surface area contributed by atoms with Gasteiger partial charge in [0.2, 0.25) is 0 Å². The van der Waals surface area contributed by atoms with Crippen molar-refractivity contribution < 1.29 is 23.4 Å². The molecule has 39 heavy (non-hydrogen) atoms. The summed E-state index contributed by atoms with van der Waals surface area (Å²) in [7, 11) is 0. The number of fused-ring (bicyclic) bond motifs is 1. The van der Waals surface area contributed by atoms with Gasteiger partial charge in [-0.3, -0.25) is 4.79 Å². The molecule has 5 rings (SSSR count). The van der Waals surface area contributed by atoms with Crippen molar-refractivity contribution in [2.75, 3.05) is 6.61 Å². The number of nitrogens with two attached hydrogens (primary N) is 1. The lowest BCUT2D eigenvalue weighted by molar-refractivity contribution is -0.142. The Morgan fingerprint density at radius 3 is 2.41 bits per heavy atom. The normalized spacial score (nSPS) is 10.9. The largest absolute Gasteiger partial charge is 0.489 e. The molecule has 0 radical (unpaired) electrons. The number of carbonyl (C=O) groups excluding carboxylic acids is 1. The summed E-state index contributed by atoms with van der Waals surface area (Å²) in [6.45, 7) is 3.23. The van der Waals surface area contributed by atoms with Gasteiger partial charge >= 0.3 is 5.97 Å². The number of para-hydroxylation sites is 2. The van der Waals surface area contributed by atoms with Gasteiger partial charge in [-0.25, -0.2) is 0 Å². The van der Waals surface area contributed by atoms with Crippen LogP contribution in [-0.4, -0.2) is 12.6 Å². The van der Waals surface area contributed by atoms with Crippen molar-refractivity contribution in [2.24, 2.45) is 5.73 Å². The summed E-state index contributed by atoms with van der Waals surface area (Å²) in [5.41, 5.74) is 12.4. The van der Waals surface area contributed by atoms with Crippen LogP contribution in [-0.2, 0) is 35.7 Å². The van der Waals surface area contributed by atoms with E-state index in [-0.39, 0.29) is 19.0 Å². The fourth-order valence-electron chi connectivity index (χ4n) is 4.52. The molecule has 1 aromatic heterocycles. The molecule has 198 valence electrons. The smallest absolute Gasteiger partial charge is 0.310 e. The molecule has 4 aromatic carbocycles. The van der Waals surface area contributed by atoms with Crippen LogP contribution in [0, 0.1) is 0 Å². The van der Waals surface area contributed by atoms with Crippen LogP contribution in [0.2, 0.25) is 0 Å². The number of esters is 1. The van der Waals surface area contributed by atoms with E-state index in [4.69, 9.17) is 24.4 Å². The van der Waals surface area contributed by atoms with E-state index in [0.717, 1.165) is 50.1 Å². The molecule has 0 fully saturated rings. The Balaban J connectivity index is 1.47. The molecule has 2 N–H and O–H groups in total. The van der Waals surface area contributed by atoms with Crippen LogP contribution in [0.4, 0.5) is 0 Å². The molecule has 0 bridgehead atoms. The number of carbonyl (C=O) groups is 1. The molecule has 0 spiro atoms. The predicted octanol–water partition coefficient (Wildman–Crippen LogP) is 6.82. The van der Waals surface area contributed by atoms with Crippen LogP contribution in [0.5, 0.6) is 11.5 Å². The average molecular weight is 522 g/mol. The van der Waals surface area contributed by atoms with Crippen molar-refractivity contribution in [1.82, 2.24) is 0 Å². The maximum atomic E-state index is 12.1. The molecule has 0 aliphatic heterocycles. The summed E-state index contributed by atoms with van der Waals surface area (Å²) < 4.78 is 23.5. The molecule has 6 heteroatoms. The second kappa shape index (κ2) is 12.3. The first-order valence-electron chi connectivity index (χ1n) is 13.0. The number of rotatable bonds is 11. The lowest BCUT2D eigenvalue weighted by Crippen LogP contribution is -2.09. The van der Waals surface area contributed by atoms with E-state index in [1.54, 1.807) is 13.2 Å². The Morgan fingerprint density at radius 1 is 0.795 bits per heavy atom. The summed E-state index contributed by atoms with van der Waals surface area (Å²) in [6.07, 6.45) is 1.88. The minimum Gasteiger partial charge on any atom is -0.489 e. The number of ether oxygens (including phenoxy) is 3. The number of benzene rings is 4. The van der Waals surface area contributed by atoms with E-state index < -0.39 is 0 Å². The average Bonchev–Trinajstić information content (AvgIpc) is 3.39. The molecular weight excluding hydrogens is 490 g/mol. The van der Waals surface area contributed by atoms with Gasteiger partial charge in [0, 0.05) is 28.6 Å². The zero-order valence-electron chi connectivity index (χ0n) is 21.9. The van der Waals surface area contributed by atoms with Crippen LogP contribution >= 0.6 is 0 Å². The topological polar surface area (TPSA) is 83.9 Å². The molecule has 0 saturated heterocycles. The molecule has 0 amide bonds. The van der Waals surface area contributed by atoms with Gasteiger partial charge in [0.05, 0.1) is 19.3 Å². The van der Waals surface area contributed by atoms with Crippen LogP contribution in [0.15, 0.2) is 102 Å². The van der Waals surface area contributed by atoms with Crippen LogP contribution in [0.1, 0.15) is 29.2 Å². The Bertz CT molecular complexity index is 1560. The van der Waals surface area contributed by atoms with E-state index in [1.807, 2.05) is 66.7 Å². The molecule has 0 aliphatic carbocycles. The van der Waals surface area contributed by atoms with Crippen molar-refractivity contribution in [3.63, 3.8) is 0 Å². The zero-order chi connectivity index (χ0) is 27.0. The van der Waals surface area contributed by atoms with Crippen LogP contribution in [0.3, 0.4) is 0 Å². The fraction of sp³-hybridized carbons (Fsp3) is 0.182. The maximum Gasteiger partial charge on any atom is 0.310 e. The lowest BCUT2D eigenvalue weighted by atomic mass is 9.98. The third kappa shape index (κ3) is 6.30. The van der Waals surface area contributed by atoms with Crippen molar-refractivity contribution in [1.29, 1.82) is 0 Å². The van der Waals surface area contributed by atoms with E-state index in [0.29, 0.717) is 25.5 Å². The minimum atomic E-state index is -0.283. The van der Waals surface area contributed by atoms with Gasteiger partial charge in [-0.05, 0) is 60.0 Å². The number of furan rings is 1. The molecule has 0 aliphatic rings. The highest BCUT2D eigenvalue weighted by atomic mass is 16.5.